The van der Waals surface area contributed by atoms with Gasteiger partial charge in [-0.05, 0) is 43.2 Å². The number of sulfonamides is 1. The fourth-order valence-corrected chi connectivity index (χ4v) is 3.45. The molecular weight excluding hydrogens is 338 g/mol. The van der Waals surface area contributed by atoms with Crippen LogP contribution in [0.25, 0.3) is 11.1 Å². The Morgan fingerprint density at radius 2 is 1.88 bits per heavy atom. The maximum Gasteiger partial charge on any atom is 0.238 e. The van der Waals surface area contributed by atoms with E-state index in [1.165, 1.54) is 13.0 Å². The number of ketones is 1. The van der Waals surface area contributed by atoms with Gasteiger partial charge in [0.25, 0.3) is 0 Å². The Hall–Kier alpha value is -2.25. The SMILES string of the molecule is CCCCN(C)c1cc(C(C)=O)cc(S(N)(=O)=O)c1-c1ccncc1. The third kappa shape index (κ3) is 4.43. The lowest BCUT2D eigenvalue weighted by Crippen LogP contribution is -2.22. The van der Waals surface area contributed by atoms with E-state index in [1.807, 2.05) is 11.9 Å². The molecule has 7 heteroatoms. The lowest BCUT2D eigenvalue weighted by Gasteiger charge is -2.25. The molecule has 134 valence electrons. The molecule has 0 atom stereocenters. The van der Waals surface area contributed by atoms with Gasteiger partial charge in [0.15, 0.2) is 5.78 Å². The standard InChI is InChI=1S/C18H23N3O3S/c1-4-5-10-21(3)16-11-15(13(2)22)12-17(25(19,23)24)18(16)14-6-8-20-9-7-14/h6-9,11-12H,4-5,10H2,1-3H3,(H2,19,23,24). The minimum absolute atomic E-state index is 0.0512. The third-order valence-electron chi connectivity index (χ3n) is 4.02. The summed E-state index contributed by atoms with van der Waals surface area (Å²) in [6, 6.07) is 6.54. The largest absolute Gasteiger partial charge is 0.374 e. The predicted molar refractivity (Wildman–Crippen MR) is 99.2 cm³/mol. The Kier molecular flexibility index (Phi) is 5.92. The van der Waals surface area contributed by atoms with Gasteiger partial charge >= 0.3 is 0 Å². The minimum Gasteiger partial charge on any atom is -0.374 e. The smallest absolute Gasteiger partial charge is 0.238 e. The zero-order valence-corrected chi connectivity index (χ0v) is 15.5. The monoisotopic (exact) mass is 361 g/mol. The van der Waals surface area contributed by atoms with Gasteiger partial charge in [-0.15, -0.1) is 0 Å². The van der Waals surface area contributed by atoms with Crippen LogP contribution in [0, 0.1) is 0 Å². The van der Waals surface area contributed by atoms with Crippen molar-refractivity contribution in [1.29, 1.82) is 0 Å². The molecule has 0 radical (unpaired) electrons. The summed E-state index contributed by atoms with van der Waals surface area (Å²) < 4.78 is 24.4. The van der Waals surface area contributed by atoms with Crippen molar-refractivity contribution in [2.24, 2.45) is 5.14 Å². The first-order valence-corrected chi connectivity index (χ1v) is 9.63. The Morgan fingerprint density at radius 3 is 2.40 bits per heavy atom. The number of carbonyl (C=O) groups is 1. The summed E-state index contributed by atoms with van der Waals surface area (Å²) >= 11 is 0. The summed E-state index contributed by atoms with van der Waals surface area (Å²) in [6.07, 6.45) is 5.14. The van der Waals surface area contributed by atoms with E-state index in [4.69, 9.17) is 5.14 Å². The highest BCUT2D eigenvalue weighted by atomic mass is 32.2. The van der Waals surface area contributed by atoms with Gasteiger partial charge in [-0.1, -0.05) is 13.3 Å². The van der Waals surface area contributed by atoms with Crippen molar-refractivity contribution in [3.63, 3.8) is 0 Å². The second kappa shape index (κ2) is 7.76. The molecule has 0 fully saturated rings. The first kappa shape index (κ1) is 19.1. The Bertz CT molecular complexity index is 865. The first-order chi connectivity index (χ1) is 11.8. The van der Waals surface area contributed by atoms with Crippen molar-refractivity contribution in [3.05, 3.63) is 42.2 Å². The highest BCUT2D eigenvalue weighted by Crippen LogP contribution is 2.37. The highest BCUT2D eigenvalue weighted by Gasteiger charge is 2.23. The van der Waals surface area contributed by atoms with E-state index in [0.29, 0.717) is 22.4 Å². The van der Waals surface area contributed by atoms with Gasteiger partial charge in [-0.25, -0.2) is 13.6 Å². The second-order valence-corrected chi connectivity index (χ2v) is 7.51. The highest BCUT2D eigenvalue weighted by molar-refractivity contribution is 7.89. The van der Waals surface area contributed by atoms with Crippen LogP contribution in [0.4, 0.5) is 5.69 Å². The second-order valence-electron chi connectivity index (χ2n) is 5.98. The van der Waals surface area contributed by atoms with E-state index in [1.54, 1.807) is 30.6 Å². The minimum atomic E-state index is -4.01. The zero-order valence-electron chi connectivity index (χ0n) is 14.7. The quantitative estimate of drug-likeness (QED) is 0.765. The Morgan fingerprint density at radius 1 is 1.24 bits per heavy atom. The zero-order chi connectivity index (χ0) is 18.6. The molecule has 0 spiro atoms. The van der Waals surface area contributed by atoms with Gasteiger partial charge in [0.1, 0.15) is 0 Å². The van der Waals surface area contributed by atoms with Gasteiger partial charge in [-0.3, -0.25) is 9.78 Å². The normalized spacial score (nSPS) is 11.4. The van der Waals surface area contributed by atoms with Gasteiger partial charge in [0, 0.05) is 42.8 Å². The number of Topliss-reactive ketones (excluding diaryl/α,β-unsaturated/α-hetero) is 1. The van der Waals surface area contributed by atoms with Gasteiger partial charge < -0.3 is 4.90 Å². The van der Waals surface area contributed by atoms with Gasteiger partial charge in [0.05, 0.1) is 4.90 Å². The van der Waals surface area contributed by atoms with E-state index in [-0.39, 0.29) is 10.7 Å². The summed E-state index contributed by atoms with van der Waals surface area (Å²) in [5.74, 6) is -0.212. The molecule has 0 saturated heterocycles. The Balaban J connectivity index is 2.82. The summed E-state index contributed by atoms with van der Waals surface area (Å²) in [5.41, 5.74) is 2.16. The van der Waals surface area contributed by atoms with Crippen molar-refractivity contribution >= 4 is 21.5 Å². The van der Waals surface area contributed by atoms with Crippen molar-refractivity contribution < 1.29 is 13.2 Å². The maximum atomic E-state index is 12.2. The summed E-state index contributed by atoms with van der Waals surface area (Å²) in [4.78, 5) is 17.8. The molecule has 0 aliphatic carbocycles. The first-order valence-electron chi connectivity index (χ1n) is 8.09. The maximum absolute atomic E-state index is 12.2. The van der Waals surface area contributed by atoms with Crippen LogP contribution in [0.3, 0.4) is 0 Å². The van der Waals surface area contributed by atoms with Crippen LogP contribution in [0.2, 0.25) is 0 Å². The molecule has 0 bridgehead atoms. The number of carbonyl (C=O) groups excluding carboxylic acids is 1. The Labute approximate surface area is 148 Å². The van der Waals surface area contributed by atoms with Gasteiger partial charge in [0.2, 0.25) is 10.0 Å². The lowest BCUT2D eigenvalue weighted by molar-refractivity contribution is 0.101. The van der Waals surface area contributed by atoms with Crippen LogP contribution in [0.5, 0.6) is 0 Å². The average Bonchev–Trinajstić information content (AvgIpc) is 2.58. The molecule has 2 aromatic rings. The van der Waals surface area contributed by atoms with Crippen LogP contribution in [0.15, 0.2) is 41.6 Å². The van der Waals surface area contributed by atoms with Crippen LogP contribution in [-0.4, -0.2) is 32.8 Å². The number of nitrogens with zero attached hydrogens (tertiary/aromatic N) is 2. The summed E-state index contributed by atoms with van der Waals surface area (Å²) in [7, 11) is -2.13. The predicted octanol–water partition coefficient (Wildman–Crippen LogP) is 2.83. The van der Waals surface area contributed by atoms with Crippen molar-refractivity contribution in [2.45, 2.75) is 31.6 Å². The molecule has 2 rings (SSSR count). The van der Waals surface area contributed by atoms with E-state index in [9.17, 15) is 13.2 Å². The molecule has 0 aliphatic heterocycles. The number of primary sulfonamides is 1. The van der Waals surface area contributed by atoms with E-state index >= 15 is 0 Å². The number of hydrogen-bond donors (Lipinski definition) is 1. The molecule has 1 aromatic carbocycles. The van der Waals surface area contributed by atoms with Crippen LogP contribution >= 0.6 is 0 Å². The number of nitrogens with two attached hydrogens (primary N) is 1. The number of rotatable bonds is 7. The van der Waals surface area contributed by atoms with Crippen molar-refractivity contribution in [1.82, 2.24) is 4.98 Å². The number of pyridine rings is 1. The average molecular weight is 361 g/mol. The van der Waals surface area contributed by atoms with E-state index in [0.717, 1.165) is 19.4 Å². The van der Waals surface area contributed by atoms with E-state index < -0.39 is 10.0 Å². The topological polar surface area (TPSA) is 93.4 Å². The summed E-state index contributed by atoms with van der Waals surface area (Å²) in [5, 5.41) is 5.46. The molecule has 0 saturated carbocycles. The molecule has 0 aliphatic rings. The van der Waals surface area contributed by atoms with E-state index in [2.05, 4.69) is 11.9 Å². The van der Waals surface area contributed by atoms with Gasteiger partial charge in [-0.2, -0.15) is 0 Å². The lowest BCUT2D eigenvalue weighted by atomic mass is 10.00. The number of hydrogen-bond acceptors (Lipinski definition) is 5. The molecule has 25 heavy (non-hydrogen) atoms. The number of anilines is 1. The van der Waals surface area contributed by atoms with Crippen LogP contribution in [0.1, 0.15) is 37.0 Å². The van der Waals surface area contributed by atoms with Crippen molar-refractivity contribution in [2.75, 3.05) is 18.5 Å². The molecule has 0 amide bonds. The van der Waals surface area contributed by atoms with Crippen LogP contribution < -0.4 is 10.0 Å². The number of unbranched alkanes of at least 4 members (excludes halogenated alkanes) is 1. The fraction of sp³-hybridized carbons (Fsp3) is 0.333. The molecule has 1 heterocycles. The molecule has 1 aromatic heterocycles. The molecular formula is C18H23N3O3S. The fourth-order valence-electron chi connectivity index (χ4n) is 2.65. The van der Waals surface area contributed by atoms with Crippen molar-refractivity contribution in [3.8, 4) is 11.1 Å². The molecule has 6 nitrogen and oxygen atoms in total. The van der Waals surface area contributed by atoms with Crippen LogP contribution in [-0.2, 0) is 10.0 Å². The third-order valence-corrected chi connectivity index (χ3v) is 4.96. The molecule has 0 unspecified atom stereocenters. The number of benzene rings is 1. The number of aromatic nitrogens is 1. The molecule has 2 N–H and O–H groups in total. The summed E-state index contributed by atoms with van der Waals surface area (Å²) in [6.45, 7) is 4.23.